The average molecular weight is 262 g/mol. The predicted molar refractivity (Wildman–Crippen MR) is 81.1 cm³/mol. The SMILES string of the molecule is CCOc1ccc(N2CCCNC(C)(C)CC2)cc1. The molecule has 106 valence electrons. The van der Waals surface area contributed by atoms with Crippen molar-refractivity contribution in [3.63, 3.8) is 0 Å². The lowest BCUT2D eigenvalue weighted by Crippen LogP contribution is -2.46. The molecule has 1 aromatic rings. The van der Waals surface area contributed by atoms with E-state index in [4.69, 9.17) is 4.74 Å². The number of nitrogens with one attached hydrogen (secondary N) is 1. The van der Waals surface area contributed by atoms with E-state index in [2.05, 4.69) is 48.3 Å². The summed E-state index contributed by atoms with van der Waals surface area (Å²) in [6, 6.07) is 8.49. The number of hydrogen-bond donors (Lipinski definition) is 1. The fourth-order valence-corrected chi connectivity index (χ4v) is 2.49. The number of ether oxygens (including phenoxy) is 1. The van der Waals surface area contributed by atoms with E-state index in [0.29, 0.717) is 0 Å². The van der Waals surface area contributed by atoms with Crippen LogP contribution in [0.5, 0.6) is 5.75 Å². The minimum absolute atomic E-state index is 0.240. The summed E-state index contributed by atoms with van der Waals surface area (Å²) in [7, 11) is 0. The van der Waals surface area contributed by atoms with Crippen LogP contribution in [0.15, 0.2) is 24.3 Å². The molecule has 0 spiro atoms. The fraction of sp³-hybridized carbons (Fsp3) is 0.625. The first-order valence-corrected chi connectivity index (χ1v) is 7.33. The van der Waals surface area contributed by atoms with E-state index in [-0.39, 0.29) is 5.54 Å². The van der Waals surface area contributed by atoms with Crippen molar-refractivity contribution < 1.29 is 4.74 Å². The predicted octanol–water partition coefficient (Wildman–Crippen LogP) is 3.05. The molecule has 0 aromatic heterocycles. The van der Waals surface area contributed by atoms with Gasteiger partial charge in [0.1, 0.15) is 5.75 Å². The van der Waals surface area contributed by atoms with Crippen LogP contribution in [0.2, 0.25) is 0 Å². The number of nitrogens with zero attached hydrogens (tertiary/aromatic N) is 1. The largest absolute Gasteiger partial charge is 0.494 e. The van der Waals surface area contributed by atoms with Crippen LogP contribution in [0.1, 0.15) is 33.6 Å². The third kappa shape index (κ3) is 4.13. The first-order valence-electron chi connectivity index (χ1n) is 7.33. The van der Waals surface area contributed by atoms with Gasteiger partial charge in [-0.3, -0.25) is 0 Å². The molecule has 0 aliphatic carbocycles. The van der Waals surface area contributed by atoms with Crippen LogP contribution in [0.4, 0.5) is 5.69 Å². The molecule has 19 heavy (non-hydrogen) atoms. The van der Waals surface area contributed by atoms with Gasteiger partial charge in [-0.1, -0.05) is 0 Å². The van der Waals surface area contributed by atoms with Gasteiger partial charge in [-0.15, -0.1) is 0 Å². The van der Waals surface area contributed by atoms with Crippen molar-refractivity contribution in [2.24, 2.45) is 0 Å². The molecule has 0 bridgehead atoms. The highest BCUT2D eigenvalue weighted by Gasteiger charge is 2.20. The van der Waals surface area contributed by atoms with Crippen LogP contribution in [0.25, 0.3) is 0 Å². The molecule has 1 saturated heterocycles. The Kier molecular flexibility index (Phi) is 4.70. The van der Waals surface area contributed by atoms with Gasteiger partial charge in [0, 0.05) is 24.3 Å². The van der Waals surface area contributed by atoms with Gasteiger partial charge >= 0.3 is 0 Å². The van der Waals surface area contributed by atoms with Crippen molar-refractivity contribution in [2.75, 3.05) is 31.1 Å². The van der Waals surface area contributed by atoms with Gasteiger partial charge in [0.2, 0.25) is 0 Å². The molecule has 1 aliphatic rings. The zero-order valence-corrected chi connectivity index (χ0v) is 12.4. The molecule has 2 rings (SSSR count). The summed E-state index contributed by atoms with van der Waals surface area (Å²) in [5.74, 6) is 0.959. The Labute approximate surface area is 116 Å². The quantitative estimate of drug-likeness (QED) is 0.906. The topological polar surface area (TPSA) is 24.5 Å². The van der Waals surface area contributed by atoms with Crippen molar-refractivity contribution in [3.05, 3.63) is 24.3 Å². The number of hydrogen-bond acceptors (Lipinski definition) is 3. The molecular formula is C16H26N2O. The smallest absolute Gasteiger partial charge is 0.119 e. The molecule has 1 aromatic carbocycles. The number of anilines is 1. The molecule has 0 amide bonds. The summed E-state index contributed by atoms with van der Waals surface area (Å²) in [4.78, 5) is 2.48. The van der Waals surface area contributed by atoms with E-state index in [0.717, 1.165) is 32.0 Å². The highest BCUT2D eigenvalue weighted by molar-refractivity contribution is 5.49. The first kappa shape index (κ1) is 14.2. The van der Waals surface area contributed by atoms with Crippen LogP contribution in [0.3, 0.4) is 0 Å². The van der Waals surface area contributed by atoms with Crippen LogP contribution >= 0.6 is 0 Å². The molecule has 0 saturated carbocycles. The van der Waals surface area contributed by atoms with Crippen LogP contribution in [0, 0.1) is 0 Å². The Morgan fingerprint density at radius 3 is 2.63 bits per heavy atom. The minimum Gasteiger partial charge on any atom is -0.494 e. The molecule has 3 heteroatoms. The second-order valence-electron chi connectivity index (χ2n) is 5.83. The lowest BCUT2D eigenvalue weighted by molar-refractivity contribution is 0.339. The second-order valence-corrected chi connectivity index (χ2v) is 5.83. The summed E-state index contributed by atoms with van der Waals surface area (Å²) >= 11 is 0. The second kappa shape index (κ2) is 6.29. The summed E-state index contributed by atoms with van der Waals surface area (Å²) in [5, 5.41) is 3.61. The molecular weight excluding hydrogens is 236 g/mol. The lowest BCUT2D eigenvalue weighted by atomic mass is 9.98. The third-order valence-electron chi connectivity index (χ3n) is 3.73. The van der Waals surface area contributed by atoms with E-state index >= 15 is 0 Å². The molecule has 0 radical (unpaired) electrons. The molecule has 0 unspecified atom stereocenters. The van der Waals surface area contributed by atoms with Crippen LogP contribution < -0.4 is 15.0 Å². The first-order chi connectivity index (χ1) is 9.11. The summed E-state index contributed by atoms with van der Waals surface area (Å²) in [6.45, 7) is 10.6. The van der Waals surface area contributed by atoms with Crippen molar-refractivity contribution in [2.45, 2.75) is 39.2 Å². The number of benzene rings is 1. The molecule has 3 nitrogen and oxygen atoms in total. The van der Waals surface area contributed by atoms with Gasteiger partial charge in [-0.05, 0) is 64.4 Å². The summed E-state index contributed by atoms with van der Waals surface area (Å²) < 4.78 is 5.50. The molecule has 1 heterocycles. The van der Waals surface area contributed by atoms with E-state index < -0.39 is 0 Å². The monoisotopic (exact) mass is 262 g/mol. The Morgan fingerprint density at radius 2 is 1.95 bits per heavy atom. The van der Waals surface area contributed by atoms with Crippen molar-refractivity contribution in [3.8, 4) is 5.75 Å². The fourth-order valence-electron chi connectivity index (χ4n) is 2.49. The average Bonchev–Trinajstić information content (AvgIpc) is 2.37. The van der Waals surface area contributed by atoms with Crippen molar-refractivity contribution in [1.82, 2.24) is 5.32 Å². The minimum atomic E-state index is 0.240. The van der Waals surface area contributed by atoms with Gasteiger partial charge < -0.3 is 15.0 Å². The van der Waals surface area contributed by atoms with E-state index in [9.17, 15) is 0 Å². The van der Waals surface area contributed by atoms with E-state index in [1.54, 1.807) is 0 Å². The normalized spacial score (nSPS) is 19.6. The summed E-state index contributed by atoms with van der Waals surface area (Å²) in [5.41, 5.74) is 1.55. The van der Waals surface area contributed by atoms with Gasteiger partial charge in [-0.25, -0.2) is 0 Å². The van der Waals surface area contributed by atoms with Gasteiger partial charge in [0.25, 0.3) is 0 Å². The van der Waals surface area contributed by atoms with Crippen LogP contribution in [-0.2, 0) is 0 Å². The standard InChI is InChI=1S/C16H26N2O/c1-4-19-15-8-6-14(7-9-15)18-12-5-11-17-16(2,3)10-13-18/h6-9,17H,4-5,10-13H2,1-3H3. The maximum absolute atomic E-state index is 5.50. The van der Waals surface area contributed by atoms with Crippen LogP contribution in [-0.4, -0.2) is 31.8 Å². The lowest BCUT2D eigenvalue weighted by Gasteiger charge is -2.35. The summed E-state index contributed by atoms with van der Waals surface area (Å²) in [6.07, 6.45) is 2.36. The Morgan fingerprint density at radius 1 is 1.21 bits per heavy atom. The molecule has 1 N–H and O–H groups in total. The van der Waals surface area contributed by atoms with Crippen molar-refractivity contribution in [1.29, 1.82) is 0 Å². The Balaban J connectivity index is 2.02. The molecule has 1 fully saturated rings. The number of rotatable bonds is 3. The Hall–Kier alpha value is -1.22. The maximum Gasteiger partial charge on any atom is 0.119 e. The third-order valence-corrected chi connectivity index (χ3v) is 3.73. The molecule has 0 atom stereocenters. The highest BCUT2D eigenvalue weighted by Crippen LogP contribution is 2.22. The van der Waals surface area contributed by atoms with Gasteiger partial charge in [0.15, 0.2) is 0 Å². The zero-order valence-electron chi connectivity index (χ0n) is 12.4. The van der Waals surface area contributed by atoms with E-state index in [1.807, 2.05) is 6.92 Å². The maximum atomic E-state index is 5.50. The van der Waals surface area contributed by atoms with E-state index in [1.165, 1.54) is 18.5 Å². The molecule has 1 aliphatic heterocycles. The highest BCUT2D eigenvalue weighted by atomic mass is 16.5. The van der Waals surface area contributed by atoms with Crippen molar-refractivity contribution >= 4 is 5.69 Å². The van der Waals surface area contributed by atoms with Gasteiger partial charge in [0.05, 0.1) is 6.61 Å². The zero-order chi connectivity index (χ0) is 13.7. The van der Waals surface area contributed by atoms with Gasteiger partial charge in [-0.2, -0.15) is 0 Å². The Bertz CT molecular complexity index is 386.